The lowest BCUT2D eigenvalue weighted by Gasteiger charge is -2.09. The maximum absolute atomic E-state index is 13.8. The summed E-state index contributed by atoms with van der Waals surface area (Å²) in [6.45, 7) is 1.96. The van der Waals surface area contributed by atoms with Crippen molar-refractivity contribution < 1.29 is 4.39 Å². The smallest absolute Gasteiger partial charge is 0.252 e. The Kier molecular flexibility index (Phi) is 4.12. The fourth-order valence-corrected chi connectivity index (χ4v) is 2.36. The minimum absolute atomic E-state index is 0.141. The number of aromatic amines is 1. The Labute approximate surface area is 137 Å². The molecule has 0 saturated heterocycles. The Hall–Kier alpha value is -2.66. The van der Waals surface area contributed by atoms with Crippen LogP contribution in [0.25, 0.3) is 11.3 Å². The fraction of sp³-hybridized carbons (Fsp3) is 0.0588. The second-order valence-electron chi connectivity index (χ2n) is 5.10. The van der Waals surface area contributed by atoms with E-state index in [0.717, 1.165) is 11.1 Å². The summed E-state index contributed by atoms with van der Waals surface area (Å²) in [6, 6.07) is 13.1. The Morgan fingerprint density at radius 2 is 2.00 bits per heavy atom. The van der Waals surface area contributed by atoms with Crippen LogP contribution in [0.2, 0.25) is 5.02 Å². The van der Waals surface area contributed by atoms with E-state index in [1.165, 1.54) is 24.3 Å². The molecule has 6 heteroatoms. The molecule has 2 aromatic carbocycles. The van der Waals surface area contributed by atoms with Gasteiger partial charge < -0.3 is 5.32 Å². The lowest BCUT2D eigenvalue weighted by atomic mass is 10.1. The van der Waals surface area contributed by atoms with Crippen molar-refractivity contribution in [1.29, 1.82) is 0 Å². The highest BCUT2D eigenvalue weighted by Gasteiger charge is 2.08. The van der Waals surface area contributed by atoms with Gasteiger partial charge in [-0.15, -0.1) is 0 Å². The third kappa shape index (κ3) is 3.57. The summed E-state index contributed by atoms with van der Waals surface area (Å²) in [5.41, 5.74) is 2.18. The van der Waals surface area contributed by atoms with Crippen molar-refractivity contribution >= 4 is 23.2 Å². The Morgan fingerprint density at radius 1 is 1.17 bits per heavy atom. The van der Waals surface area contributed by atoms with Crippen LogP contribution in [-0.2, 0) is 0 Å². The highest BCUT2D eigenvalue weighted by atomic mass is 35.5. The summed E-state index contributed by atoms with van der Waals surface area (Å²) in [4.78, 5) is 18.7. The standard InChI is InChI=1S/C17H13ClFN3O/c1-10-3-2-4-11(7-10)14-9-16(23)22-17(20-14)21-15-8-12(18)5-6-13(15)19/h2-9H,1H3,(H2,20,21,22,23). The van der Waals surface area contributed by atoms with Crippen molar-refractivity contribution in [3.63, 3.8) is 0 Å². The molecule has 0 bridgehead atoms. The van der Waals surface area contributed by atoms with E-state index in [0.29, 0.717) is 10.7 Å². The highest BCUT2D eigenvalue weighted by molar-refractivity contribution is 6.30. The number of rotatable bonds is 3. The van der Waals surface area contributed by atoms with Gasteiger partial charge in [0.05, 0.1) is 11.4 Å². The summed E-state index contributed by atoms with van der Waals surface area (Å²) in [5, 5.41) is 3.13. The van der Waals surface area contributed by atoms with E-state index < -0.39 is 5.82 Å². The van der Waals surface area contributed by atoms with Gasteiger partial charge in [-0.1, -0.05) is 35.4 Å². The summed E-state index contributed by atoms with van der Waals surface area (Å²) in [6.07, 6.45) is 0. The third-order valence-electron chi connectivity index (χ3n) is 3.24. The predicted molar refractivity (Wildman–Crippen MR) is 89.7 cm³/mol. The average Bonchev–Trinajstić information content (AvgIpc) is 2.50. The van der Waals surface area contributed by atoms with Crippen LogP contribution in [0.1, 0.15) is 5.56 Å². The molecule has 23 heavy (non-hydrogen) atoms. The number of hydrogen-bond acceptors (Lipinski definition) is 3. The molecule has 0 spiro atoms. The molecule has 3 aromatic rings. The van der Waals surface area contributed by atoms with Gasteiger partial charge in [0.1, 0.15) is 5.82 Å². The lowest BCUT2D eigenvalue weighted by molar-refractivity contribution is 0.631. The third-order valence-corrected chi connectivity index (χ3v) is 3.47. The van der Waals surface area contributed by atoms with Gasteiger partial charge in [0.15, 0.2) is 0 Å². The largest absolute Gasteiger partial charge is 0.323 e. The van der Waals surface area contributed by atoms with E-state index in [-0.39, 0.29) is 17.2 Å². The van der Waals surface area contributed by atoms with Crippen LogP contribution < -0.4 is 10.9 Å². The van der Waals surface area contributed by atoms with Crippen LogP contribution in [0.15, 0.2) is 53.3 Å². The predicted octanol–water partition coefficient (Wildman–Crippen LogP) is 4.28. The first-order chi connectivity index (χ1) is 11.0. The number of aromatic nitrogens is 2. The molecule has 4 nitrogen and oxygen atoms in total. The zero-order valence-corrected chi connectivity index (χ0v) is 13.0. The van der Waals surface area contributed by atoms with Crippen LogP contribution in [0.4, 0.5) is 16.0 Å². The number of hydrogen-bond donors (Lipinski definition) is 2. The molecule has 0 aliphatic heterocycles. The maximum atomic E-state index is 13.8. The number of anilines is 2. The number of H-pyrrole nitrogens is 1. The molecule has 3 rings (SSSR count). The van der Waals surface area contributed by atoms with E-state index in [4.69, 9.17) is 11.6 Å². The Morgan fingerprint density at radius 3 is 2.78 bits per heavy atom. The molecule has 0 fully saturated rings. The first kappa shape index (κ1) is 15.2. The van der Waals surface area contributed by atoms with E-state index >= 15 is 0 Å². The molecule has 0 saturated carbocycles. The monoisotopic (exact) mass is 329 g/mol. The van der Waals surface area contributed by atoms with Gasteiger partial charge in [-0.2, -0.15) is 0 Å². The summed E-state index contributed by atoms with van der Waals surface area (Å²) in [5.74, 6) is -0.340. The molecule has 116 valence electrons. The van der Waals surface area contributed by atoms with E-state index in [9.17, 15) is 9.18 Å². The normalized spacial score (nSPS) is 10.6. The number of nitrogens with one attached hydrogen (secondary N) is 2. The Balaban J connectivity index is 2.01. The molecular formula is C17H13ClFN3O. The van der Waals surface area contributed by atoms with Crippen molar-refractivity contribution in [3.8, 4) is 11.3 Å². The van der Waals surface area contributed by atoms with Gasteiger partial charge in [0.2, 0.25) is 5.95 Å². The molecular weight excluding hydrogens is 317 g/mol. The molecule has 1 heterocycles. The van der Waals surface area contributed by atoms with Crippen molar-refractivity contribution in [2.75, 3.05) is 5.32 Å². The summed E-state index contributed by atoms with van der Waals surface area (Å²) < 4.78 is 13.8. The van der Waals surface area contributed by atoms with Crippen molar-refractivity contribution in [3.05, 3.63) is 75.3 Å². The quantitative estimate of drug-likeness (QED) is 0.754. The number of aryl methyl sites for hydroxylation is 1. The Bertz CT molecular complexity index is 924. The number of benzene rings is 2. The molecule has 0 amide bonds. The summed E-state index contributed by atoms with van der Waals surface area (Å²) >= 11 is 5.86. The minimum atomic E-state index is -0.488. The second-order valence-corrected chi connectivity index (χ2v) is 5.53. The number of halogens is 2. The van der Waals surface area contributed by atoms with Gasteiger partial charge in [0, 0.05) is 16.7 Å². The van der Waals surface area contributed by atoms with Crippen molar-refractivity contribution in [2.45, 2.75) is 6.92 Å². The van der Waals surface area contributed by atoms with E-state index in [1.807, 2.05) is 31.2 Å². The summed E-state index contributed by atoms with van der Waals surface area (Å²) in [7, 11) is 0. The van der Waals surface area contributed by atoms with Gasteiger partial charge in [0.25, 0.3) is 5.56 Å². The van der Waals surface area contributed by atoms with Gasteiger partial charge in [-0.05, 0) is 31.2 Å². The lowest BCUT2D eigenvalue weighted by Crippen LogP contribution is -2.11. The molecule has 0 aliphatic carbocycles. The van der Waals surface area contributed by atoms with Crippen molar-refractivity contribution in [2.24, 2.45) is 0 Å². The second kappa shape index (κ2) is 6.22. The molecule has 0 unspecified atom stereocenters. The zero-order valence-electron chi connectivity index (χ0n) is 12.2. The van der Waals surface area contributed by atoms with Crippen LogP contribution in [0, 0.1) is 12.7 Å². The first-order valence-corrected chi connectivity index (χ1v) is 7.29. The molecule has 1 aromatic heterocycles. The molecule has 0 radical (unpaired) electrons. The number of nitrogens with zero attached hydrogens (tertiary/aromatic N) is 1. The van der Waals surface area contributed by atoms with Crippen LogP contribution in [0.5, 0.6) is 0 Å². The molecule has 0 atom stereocenters. The van der Waals surface area contributed by atoms with Gasteiger partial charge >= 0.3 is 0 Å². The minimum Gasteiger partial charge on any atom is -0.323 e. The van der Waals surface area contributed by atoms with Crippen LogP contribution in [0.3, 0.4) is 0 Å². The fourth-order valence-electron chi connectivity index (χ4n) is 2.19. The van der Waals surface area contributed by atoms with Gasteiger partial charge in [-0.25, -0.2) is 9.37 Å². The van der Waals surface area contributed by atoms with Crippen LogP contribution in [-0.4, -0.2) is 9.97 Å². The van der Waals surface area contributed by atoms with Crippen LogP contribution >= 0.6 is 11.6 Å². The highest BCUT2D eigenvalue weighted by Crippen LogP contribution is 2.23. The molecule has 0 aliphatic rings. The zero-order chi connectivity index (χ0) is 16.4. The SMILES string of the molecule is Cc1cccc(-c2cc(=O)[nH]c(Nc3cc(Cl)ccc3F)n2)c1. The topological polar surface area (TPSA) is 57.8 Å². The molecule has 2 N–H and O–H groups in total. The van der Waals surface area contributed by atoms with E-state index in [2.05, 4.69) is 15.3 Å². The van der Waals surface area contributed by atoms with E-state index in [1.54, 1.807) is 0 Å². The van der Waals surface area contributed by atoms with Gasteiger partial charge in [-0.3, -0.25) is 9.78 Å². The first-order valence-electron chi connectivity index (χ1n) is 6.92. The maximum Gasteiger partial charge on any atom is 0.252 e. The average molecular weight is 330 g/mol. The van der Waals surface area contributed by atoms with Crippen molar-refractivity contribution in [1.82, 2.24) is 9.97 Å².